The number of carbonyl (C=O) groups is 1. The van der Waals surface area contributed by atoms with Crippen LogP contribution in [0, 0.1) is 11.3 Å². The van der Waals surface area contributed by atoms with E-state index < -0.39 is 5.91 Å². The quantitative estimate of drug-likeness (QED) is 0.665. The zero-order chi connectivity index (χ0) is 11.4. The number of aromatic nitrogens is 6. The van der Waals surface area contributed by atoms with Gasteiger partial charge in [0.2, 0.25) is 11.8 Å². The lowest BCUT2D eigenvalue weighted by Gasteiger charge is -1.99. The Labute approximate surface area is 88.5 Å². The minimum absolute atomic E-state index is 0.0143. The number of amides is 1. The average molecular weight is 216 g/mol. The molecule has 1 amide bonds. The maximum atomic E-state index is 11.4. The fraction of sp³-hybridized carbons (Fsp3) is 0. The molecule has 9 nitrogen and oxygen atoms in total. The third-order valence-corrected chi connectivity index (χ3v) is 1.56. The maximum absolute atomic E-state index is 11.4. The lowest BCUT2D eigenvalue weighted by Crippen LogP contribution is -2.16. The third-order valence-electron chi connectivity index (χ3n) is 1.56. The van der Waals surface area contributed by atoms with Gasteiger partial charge in [-0.15, -0.1) is 5.10 Å². The highest BCUT2D eigenvalue weighted by Crippen LogP contribution is 2.00. The van der Waals surface area contributed by atoms with E-state index in [2.05, 4.69) is 35.9 Å². The molecule has 0 aliphatic rings. The van der Waals surface area contributed by atoms with Gasteiger partial charge in [-0.05, 0) is 16.5 Å². The van der Waals surface area contributed by atoms with Crippen molar-refractivity contribution in [3.05, 3.63) is 23.8 Å². The van der Waals surface area contributed by atoms with Crippen molar-refractivity contribution in [2.24, 2.45) is 0 Å². The minimum Gasteiger partial charge on any atom is -0.288 e. The number of rotatable bonds is 2. The minimum atomic E-state index is -0.583. The topological polar surface area (TPSA) is 133 Å². The zero-order valence-electron chi connectivity index (χ0n) is 7.75. The number of carbonyl (C=O) groups excluding carboxylic acids is 1. The number of hydrogen-bond acceptors (Lipinski definition) is 7. The fourth-order valence-corrected chi connectivity index (χ4v) is 0.897. The van der Waals surface area contributed by atoms with E-state index in [9.17, 15) is 4.79 Å². The number of aromatic amines is 1. The van der Waals surface area contributed by atoms with Gasteiger partial charge in [-0.1, -0.05) is 0 Å². The molecule has 0 fully saturated rings. The molecule has 0 radical (unpaired) electrons. The number of H-pyrrole nitrogens is 1. The summed E-state index contributed by atoms with van der Waals surface area (Å²) < 4.78 is 0. The molecular weight excluding hydrogens is 212 g/mol. The van der Waals surface area contributed by atoms with Crippen LogP contribution in [0.25, 0.3) is 0 Å². The molecule has 2 rings (SSSR count). The van der Waals surface area contributed by atoms with Crippen molar-refractivity contribution in [2.45, 2.75) is 0 Å². The van der Waals surface area contributed by atoms with E-state index in [0.29, 0.717) is 0 Å². The van der Waals surface area contributed by atoms with Crippen LogP contribution in [0.3, 0.4) is 0 Å². The predicted molar refractivity (Wildman–Crippen MR) is 48.9 cm³/mol. The smallest absolute Gasteiger partial charge is 0.288 e. The molecule has 2 aromatic heterocycles. The van der Waals surface area contributed by atoms with Crippen LogP contribution in [0.4, 0.5) is 5.95 Å². The lowest BCUT2D eigenvalue weighted by molar-refractivity contribution is 0.101. The monoisotopic (exact) mass is 216 g/mol. The molecule has 0 aliphatic heterocycles. The normalized spacial score (nSPS) is 9.44. The first-order valence-electron chi connectivity index (χ1n) is 4.08. The molecule has 0 unspecified atom stereocenters. The summed E-state index contributed by atoms with van der Waals surface area (Å²) in [4.78, 5) is 18.9. The van der Waals surface area contributed by atoms with E-state index in [1.165, 1.54) is 12.3 Å². The molecular formula is C7H4N8O. The number of nitriles is 1. The molecule has 0 saturated heterocycles. The highest BCUT2D eigenvalue weighted by Gasteiger charge is 2.11. The van der Waals surface area contributed by atoms with Crippen LogP contribution in [0.15, 0.2) is 12.3 Å². The van der Waals surface area contributed by atoms with Gasteiger partial charge in [0.25, 0.3) is 5.91 Å². The summed E-state index contributed by atoms with van der Waals surface area (Å²) in [5, 5.41) is 23.1. The third kappa shape index (κ3) is 1.95. The van der Waals surface area contributed by atoms with Crippen molar-refractivity contribution >= 4 is 11.9 Å². The molecule has 78 valence electrons. The summed E-state index contributed by atoms with van der Waals surface area (Å²) in [6.07, 6.45) is 1.36. The number of nitrogens with one attached hydrogen (secondary N) is 2. The van der Waals surface area contributed by atoms with Crippen molar-refractivity contribution < 1.29 is 4.79 Å². The van der Waals surface area contributed by atoms with Crippen molar-refractivity contribution in [1.82, 2.24) is 30.6 Å². The molecule has 16 heavy (non-hydrogen) atoms. The van der Waals surface area contributed by atoms with Gasteiger partial charge in [0.05, 0.1) is 0 Å². The SMILES string of the molecule is N#Cc1ccnc(NC(=O)c2nnn[nH]2)n1. The van der Waals surface area contributed by atoms with E-state index in [1.807, 2.05) is 6.07 Å². The van der Waals surface area contributed by atoms with Crippen LogP contribution in [0.1, 0.15) is 16.3 Å². The molecule has 2 N–H and O–H groups in total. The van der Waals surface area contributed by atoms with Crippen molar-refractivity contribution in [3.8, 4) is 6.07 Å². The largest absolute Gasteiger partial charge is 0.297 e. The molecule has 2 heterocycles. The Bertz CT molecular complexity index is 542. The van der Waals surface area contributed by atoms with E-state index in [1.54, 1.807) is 0 Å². The van der Waals surface area contributed by atoms with Crippen LogP contribution >= 0.6 is 0 Å². The molecule has 0 spiro atoms. The van der Waals surface area contributed by atoms with Crippen LogP contribution in [0.5, 0.6) is 0 Å². The summed E-state index contributed by atoms with van der Waals surface area (Å²) in [6.45, 7) is 0. The van der Waals surface area contributed by atoms with Gasteiger partial charge >= 0.3 is 0 Å². The summed E-state index contributed by atoms with van der Waals surface area (Å²) in [6, 6.07) is 3.25. The fourth-order valence-electron chi connectivity index (χ4n) is 0.897. The summed E-state index contributed by atoms with van der Waals surface area (Å²) in [5.74, 6) is -0.633. The number of hydrogen-bond donors (Lipinski definition) is 2. The Balaban J connectivity index is 2.16. The molecule has 0 aliphatic carbocycles. The van der Waals surface area contributed by atoms with Gasteiger partial charge in [-0.2, -0.15) is 5.26 Å². The van der Waals surface area contributed by atoms with Crippen LogP contribution in [0.2, 0.25) is 0 Å². The molecule has 2 aromatic rings. The van der Waals surface area contributed by atoms with Crippen LogP contribution in [-0.2, 0) is 0 Å². The molecule has 9 heteroatoms. The van der Waals surface area contributed by atoms with Gasteiger partial charge in [-0.3, -0.25) is 10.1 Å². The standard InChI is InChI=1S/C7H4N8O/c8-3-4-1-2-9-7(10-4)11-6(16)5-12-14-15-13-5/h1-2H,(H,9,10,11,16)(H,12,13,14,15). The first-order valence-corrected chi connectivity index (χ1v) is 4.08. The van der Waals surface area contributed by atoms with Gasteiger partial charge in [0.15, 0.2) is 0 Å². The van der Waals surface area contributed by atoms with Gasteiger partial charge in [0, 0.05) is 6.20 Å². The summed E-state index contributed by atoms with van der Waals surface area (Å²) in [5.41, 5.74) is 0.154. The first-order chi connectivity index (χ1) is 7.79. The number of anilines is 1. The summed E-state index contributed by atoms with van der Waals surface area (Å²) in [7, 11) is 0. The Morgan fingerprint density at radius 3 is 3.12 bits per heavy atom. The van der Waals surface area contributed by atoms with Gasteiger partial charge in [0.1, 0.15) is 11.8 Å². The lowest BCUT2D eigenvalue weighted by atomic mass is 10.4. The highest BCUT2D eigenvalue weighted by atomic mass is 16.2. The van der Waals surface area contributed by atoms with Crippen molar-refractivity contribution in [3.63, 3.8) is 0 Å². The molecule has 0 atom stereocenters. The second-order valence-corrected chi connectivity index (χ2v) is 2.58. The zero-order valence-corrected chi connectivity index (χ0v) is 7.75. The number of nitrogens with zero attached hydrogens (tertiary/aromatic N) is 6. The van der Waals surface area contributed by atoms with E-state index in [4.69, 9.17) is 5.26 Å². The molecule has 0 saturated carbocycles. The Kier molecular flexibility index (Phi) is 2.47. The molecule has 0 aromatic carbocycles. The number of tetrazole rings is 1. The van der Waals surface area contributed by atoms with Crippen molar-refractivity contribution in [2.75, 3.05) is 5.32 Å². The first kappa shape index (κ1) is 9.66. The van der Waals surface area contributed by atoms with Gasteiger partial charge in [-0.25, -0.2) is 15.1 Å². The average Bonchev–Trinajstić information content (AvgIpc) is 2.83. The van der Waals surface area contributed by atoms with Crippen molar-refractivity contribution in [1.29, 1.82) is 5.26 Å². The Hall–Kier alpha value is -2.89. The second-order valence-electron chi connectivity index (χ2n) is 2.58. The Morgan fingerprint density at radius 1 is 1.56 bits per heavy atom. The van der Waals surface area contributed by atoms with Crippen LogP contribution < -0.4 is 5.32 Å². The van der Waals surface area contributed by atoms with Gasteiger partial charge < -0.3 is 0 Å². The van der Waals surface area contributed by atoms with E-state index in [0.717, 1.165) is 0 Å². The Morgan fingerprint density at radius 2 is 2.44 bits per heavy atom. The maximum Gasteiger partial charge on any atom is 0.297 e. The molecule has 0 bridgehead atoms. The van der Waals surface area contributed by atoms with E-state index >= 15 is 0 Å². The van der Waals surface area contributed by atoms with Crippen LogP contribution in [-0.4, -0.2) is 36.5 Å². The second kappa shape index (κ2) is 4.09. The van der Waals surface area contributed by atoms with E-state index in [-0.39, 0.29) is 17.5 Å². The summed E-state index contributed by atoms with van der Waals surface area (Å²) >= 11 is 0. The highest BCUT2D eigenvalue weighted by molar-refractivity contribution is 6.00. The predicted octanol–water partition coefficient (Wildman–Crippen LogP) is -0.886.